The predicted octanol–water partition coefficient (Wildman–Crippen LogP) is 1.28. The molecular weight excluding hydrogens is 258 g/mol. The fourth-order valence-corrected chi connectivity index (χ4v) is 1.67. The highest BCUT2D eigenvalue weighted by Gasteiger charge is 2.06. The van der Waals surface area contributed by atoms with Crippen LogP contribution in [0.25, 0.3) is 0 Å². The lowest BCUT2D eigenvalue weighted by molar-refractivity contribution is 0.117. The Morgan fingerprint density at radius 3 is 2.60 bits per heavy atom. The van der Waals surface area contributed by atoms with E-state index in [0.717, 1.165) is 11.4 Å². The summed E-state index contributed by atoms with van der Waals surface area (Å²) < 4.78 is 12.3. The van der Waals surface area contributed by atoms with Crippen molar-refractivity contribution in [1.82, 2.24) is 9.78 Å². The van der Waals surface area contributed by atoms with Crippen LogP contribution in [-0.2, 0) is 7.05 Å². The summed E-state index contributed by atoms with van der Waals surface area (Å²) in [5, 5.41) is 17.0. The first-order valence-corrected chi connectivity index (χ1v) is 6.35. The number of methoxy groups -OCH3 is 1. The molecule has 0 aliphatic rings. The number of aromatic nitrogens is 2. The van der Waals surface area contributed by atoms with Crippen molar-refractivity contribution in [3.8, 4) is 11.5 Å². The predicted molar refractivity (Wildman–Crippen MR) is 76.2 cm³/mol. The summed E-state index contributed by atoms with van der Waals surface area (Å²) >= 11 is 0. The molecule has 0 saturated carbocycles. The Morgan fingerprint density at radius 2 is 2.00 bits per heavy atom. The quantitative estimate of drug-likeness (QED) is 0.798. The number of rotatable bonds is 7. The van der Waals surface area contributed by atoms with Crippen LogP contribution in [0, 0.1) is 0 Å². The summed E-state index contributed by atoms with van der Waals surface area (Å²) in [6.45, 7) is 0.626. The van der Waals surface area contributed by atoms with Gasteiger partial charge in [0, 0.05) is 19.8 Å². The minimum absolute atomic E-state index is 0.222. The molecule has 0 spiro atoms. The largest absolute Gasteiger partial charge is 0.497 e. The van der Waals surface area contributed by atoms with Gasteiger partial charge in [-0.1, -0.05) is 0 Å². The van der Waals surface area contributed by atoms with Crippen molar-refractivity contribution in [3.05, 3.63) is 36.7 Å². The van der Waals surface area contributed by atoms with Gasteiger partial charge in [-0.2, -0.15) is 5.10 Å². The summed E-state index contributed by atoms with van der Waals surface area (Å²) in [6, 6.07) is 7.24. The van der Waals surface area contributed by atoms with E-state index in [2.05, 4.69) is 10.4 Å². The molecule has 20 heavy (non-hydrogen) atoms. The molecule has 2 rings (SSSR count). The summed E-state index contributed by atoms with van der Waals surface area (Å²) in [4.78, 5) is 0. The number of nitrogens with zero attached hydrogens (tertiary/aromatic N) is 2. The lowest BCUT2D eigenvalue weighted by atomic mass is 10.3. The fourth-order valence-electron chi connectivity index (χ4n) is 1.67. The number of hydrogen-bond acceptors (Lipinski definition) is 5. The van der Waals surface area contributed by atoms with Gasteiger partial charge < -0.3 is 19.9 Å². The zero-order chi connectivity index (χ0) is 14.4. The molecule has 2 N–H and O–H groups in total. The molecule has 0 saturated heterocycles. The van der Waals surface area contributed by atoms with Gasteiger partial charge in [0.2, 0.25) is 0 Å². The number of aryl methyl sites for hydroxylation is 1. The Balaban J connectivity index is 1.72. The van der Waals surface area contributed by atoms with E-state index in [4.69, 9.17) is 9.47 Å². The number of ether oxygens (including phenoxy) is 2. The van der Waals surface area contributed by atoms with E-state index in [-0.39, 0.29) is 6.61 Å². The zero-order valence-electron chi connectivity index (χ0n) is 11.6. The first-order valence-electron chi connectivity index (χ1n) is 6.35. The molecular formula is C14H19N3O3. The highest BCUT2D eigenvalue weighted by atomic mass is 16.5. The van der Waals surface area contributed by atoms with Gasteiger partial charge in [-0.15, -0.1) is 0 Å². The standard InChI is InChI=1S/C14H19N3O3/c1-17-9-11(7-16-17)15-8-12(18)10-20-14-5-3-13(19-2)4-6-14/h3-7,9,12,15,18H,8,10H2,1-2H3. The second-order valence-corrected chi connectivity index (χ2v) is 4.42. The molecule has 6 heteroatoms. The summed E-state index contributed by atoms with van der Waals surface area (Å²) in [5.74, 6) is 1.47. The molecule has 108 valence electrons. The third-order valence-corrected chi connectivity index (χ3v) is 2.75. The van der Waals surface area contributed by atoms with Crippen LogP contribution in [0.4, 0.5) is 5.69 Å². The van der Waals surface area contributed by atoms with Gasteiger partial charge in [0.15, 0.2) is 0 Å². The molecule has 1 unspecified atom stereocenters. The van der Waals surface area contributed by atoms with E-state index < -0.39 is 6.10 Å². The minimum atomic E-state index is -0.600. The van der Waals surface area contributed by atoms with Crippen LogP contribution in [0.2, 0.25) is 0 Å². The van der Waals surface area contributed by atoms with Crippen LogP contribution in [-0.4, -0.2) is 41.3 Å². The van der Waals surface area contributed by atoms with Crippen LogP contribution >= 0.6 is 0 Å². The Bertz CT molecular complexity index is 525. The monoisotopic (exact) mass is 277 g/mol. The summed E-state index contributed by atoms with van der Waals surface area (Å²) in [6.07, 6.45) is 2.95. The summed E-state index contributed by atoms with van der Waals surface area (Å²) in [5.41, 5.74) is 0.871. The minimum Gasteiger partial charge on any atom is -0.497 e. The van der Waals surface area contributed by atoms with Crippen molar-refractivity contribution in [3.63, 3.8) is 0 Å². The van der Waals surface area contributed by atoms with Crippen LogP contribution < -0.4 is 14.8 Å². The van der Waals surface area contributed by atoms with Gasteiger partial charge in [-0.3, -0.25) is 4.68 Å². The van der Waals surface area contributed by atoms with Crippen LogP contribution in [0.1, 0.15) is 0 Å². The van der Waals surface area contributed by atoms with Crippen molar-refractivity contribution in [2.75, 3.05) is 25.6 Å². The Kier molecular flexibility index (Phi) is 4.84. The lowest BCUT2D eigenvalue weighted by Gasteiger charge is -2.13. The van der Waals surface area contributed by atoms with E-state index in [1.54, 1.807) is 30.1 Å². The van der Waals surface area contributed by atoms with E-state index in [1.165, 1.54) is 0 Å². The normalized spacial score (nSPS) is 11.9. The maximum atomic E-state index is 9.84. The molecule has 0 aliphatic carbocycles. The number of benzene rings is 1. The molecule has 1 aromatic carbocycles. The molecule has 0 amide bonds. The average Bonchev–Trinajstić information content (AvgIpc) is 2.89. The van der Waals surface area contributed by atoms with E-state index in [0.29, 0.717) is 12.3 Å². The molecule has 0 fully saturated rings. The van der Waals surface area contributed by atoms with Crippen LogP contribution in [0.3, 0.4) is 0 Å². The molecule has 2 aromatic rings. The van der Waals surface area contributed by atoms with Crippen molar-refractivity contribution in [2.24, 2.45) is 7.05 Å². The van der Waals surface area contributed by atoms with Crippen molar-refractivity contribution in [1.29, 1.82) is 0 Å². The van der Waals surface area contributed by atoms with Gasteiger partial charge >= 0.3 is 0 Å². The molecule has 1 aromatic heterocycles. The molecule has 1 atom stereocenters. The number of aliphatic hydroxyl groups is 1. The summed E-state index contributed by atoms with van der Waals surface area (Å²) in [7, 11) is 3.46. The maximum absolute atomic E-state index is 9.84. The van der Waals surface area contributed by atoms with Gasteiger partial charge in [0.25, 0.3) is 0 Å². The second kappa shape index (κ2) is 6.81. The van der Waals surface area contributed by atoms with Gasteiger partial charge in [0.1, 0.15) is 24.2 Å². The van der Waals surface area contributed by atoms with Crippen LogP contribution in [0.15, 0.2) is 36.7 Å². The Hall–Kier alpha value is -2.21. The first kappa shape index (κ1) is 14.2. The van der Waals surface area contributed by atoms with Gasteiger partial charge in [-0.25, -0.2) is 0 Å². The SMILES string of the molecule is COc1ccc(OCC(O)CNc2cnn(C)c2)cc1. The zero-order valence-corrected chi connectivity index (χ0v) is 11.6. The lowest BCUT2D eigenvalue weighted by Crippen LogP contribution is -2.26. The molecule has 0 aliphatic heterocycles. The third-order valence-electron chi connectivity index (χ3n) is 2.75. The van der Waals surface area contributed by atoms with Crippen molar-refractivity contribution >= 4 is 5.69 Å². The molecule has 0 bridgehead atoms. The third kappa shape index (κ3) is 4.17. The van der Waals surface area contributed by atoms with Crippen molar-refractivity contribution in [2.45, 2.75) is 6.10 Å². The second-order valence-electron chi connectivity index (χ2n) is 4.42. The molecule has 1 heterocycles. The average molecular weight is 277 g/mol. The first-order chi connectivity index (χ1) is 9.67. The smallest absolute Gasteiger partial charge is 0.119 e. The number of anilines is 1. The van der Waals surface area contributed by atoms with Crippen molar-refractivity contribution < 1.29 is 14.6 Å². The van der Waals surface area contributed by atoms with Gasteiger partial charge in [-0.05, 0) is 24.3 Å². The van der Waals surface area contributed by atoms with Gasteiger partial charge in [0.05, 0.1) is 19.0 Å². The maximum Gasteiger partial charge on any atom is 0.119 e. The molecule has 0 radical (unpaired) electrons. The highest BCUT2D eigenvalue weighted by molar-refractivity contribution is 5.38. The number of nitrogens with one attached hydrogen (secondary N) is 1. The number of aliphatic hydroxyl groups excluding tert-OH is 1. The van der Waals surface area contributed by atoms with E-state index in [9.17, 15) is 5.11 Å². The highest BCUT2D eigenvalue weighted by Crippen LogP contribution is 2.17. The Morgan fingerprint density at radius 1 is 1.30 bits per heavy atom. The van der Waals surface area contributed by atoms with Crippen LogP contribution in [0.5, 0.6) is 11.5 Å². The van der Waals surface area contributed by atoms with E-state index >= 15 is 0 Å². The number of hydrogen-bond donors (Lipinski definition) is 2. The molecule has 6 nitrogen and oxygen atoms in total. The topological polar surface area (TPSA) is 68.5 Å². The van der Waals surface area contributed by atoms with E-state index in [1.807, 2.05) is 25.4 Å². The Labute approximate surface area is 117 Å². The fraction of sp³-hybridized carbons (Fsp3) is 0.357.